The van der Waals surface area contributed by atoms with Crippen molar-refractivity contribution in [1.82, 2.24) is 10.0 Å². The summed E-state index contributed by atoms with van der Waals surface area (Å²) in [5, 5.41) is 1.15. The second-order valence-corrected chi connectivity index (χ2v) is 3.51. The third-order valence-electron chi connectivity index (χ3n) is 2.47. The normalized spacial score (nSPS) is 11.1. The minimum absolute atomic E-state index is 0.496. The van der Waals surface area contributed by atoms with Crippen molar-refractivity contribution in [2.45, 2.75) is 13.7 Å². The molecule has 4 nitrogen and oxygen atoms in total. The molecule has 0 bridgehead atoms. The maximum Gasteiger partial charge on any atom is 0.144 e. The number of fused-ring (bicyclic) bond motifs is 1. The van der Waals surface area contributed by atoms with Gasteiger partial charge in [-0.2, -0.15) is 0 Å². The van der Waals surface area contributed by atoms with Crippen LogP contribution in [-0.4, -0.2) is 11.6 Å². The second kappa shape index (κ2) is 3.92. The molecule has 4 heteroatoms. The molecule has 2 aromatic rings. The van der Waals surface area contributed by atoms with E-state index in [0.29, 0.717) is 6.73 Å². The zero-order valence-corrected chi connectivity index (χ0v) is 8.95. The maximum atomic E-state index is 5.73. The van der Waals surface area contributed by atoms with E-state index in [1.165, 1.54) is 0 Å². The maximum absolute atomic E-state index is 5.73. The summed E-state index contributed by atoms with van der Waals surface area (Å²) in [7, 11) is 1.75. The molecule has 0 amide bonds. The zero-order chi connectivity index (χ0) is 10.8. The molecule has 0 radical (unpaired) electrons. The van der Waals surface area contributed by atoms with Gasteiger partial charge in [-0.05, 0) is 31.2 Å². The Morgan fingerprint density at radius 1 is 1.40 bits per heavy atom. The van der Waals surface area contributed by atoms with Gasteiger partial charge in [0.25, 0.3) is 0 Å². The van der Waals surface area contributed by atoms with E-state index in [9.17, 15) is 0 Å². The number of anilines is 1. The highest BCUT2D eigenvalue weighted by atomic mass is 16.6. The van der Waals surface area contributed by atoms with Crippen molar-refractivity contribution in [2.75, 3.05) is 12.8 Å². The van der Waals surface area contributed by atoms with Gasteiger partial charge in [-0.3, -0.25) is 4.84 Å². The highest BCUT2D eigenvalue weighted by molar-refractivity contribution is 5.84. The van der Waals surface area contributed by atoms with E-state index in [0.717, 1.165) is 22.3 Å². The van der Waals surface area contributed by atoms with Crippen LogP contribution in [0, 0.1) is 6.92 Å². The van der Waals surface area contributed by atoms with Crippen molar-refractivity contribution in [3.63, 3.8) is 0 Å². The molecule has 3 N–H and O–H groups in total. The quantitative estimate of drug-likeness (QED) is 0.591. The van der Waals surface area contributed by atoms with Crippen molar-refractivity contribution in [1.29, 1.82) is 0 Å². The Morgan fingerprint density at radius 3 is 2.93 bits per heavy atom. The molecule has 1 aromatic heterocycles. The first-order chi connectivity index (χ1) is 7.22. The van der Waals surface area contributed by atoms with E-state index in [2.05, 4.69) is 23.0 Å². The molecule has 0 fully saturated rings. The molecule has 2 rings (SSSR count). The van der Waals surface area contributed by atoms with Crippen LogP contribution in [0.4, 0.5) is 5.69 Å². The Kier molecular flexibility index (Phi) is 2.62. The van der Waals surface area contributed by atoms with Gasteiger partial charge in [0.2, 0.25) is 0 Å². The summed E-state index contributed by atoms with van der Waals surface area (Å²) in [5.74, 6) is 0. The van der Waals surface area contributed by atoms with E-state index < -0.39 is 0 Å². The molecule has 15 heavy (non-hydrogen) atoms. The number of hydrogen-bond acceptors (Lipinski definition) is 3. The average Bonchev–Trinajstić information content (AvgIpc) is 2.50. The van der Waals surface area contributed by atoms with E-state index >= 15 is 0 Å². The number of nitrogen functional groups attached to an aromatic ring is 1. The molecular formula is C11H15N3O. The van der Waals surface area contributed by atoms with E-state index in [1.807, 2.05) is 18.2 Å². The van der Waals surface area contributed by atoms with Crippen molar-refractivity contribution in [2.24, 2.45) is 0 Å². The first-order valence-electron chi connectivity index (χ1n) is 4.86. The second-order valence-electron chi connectivity index (χ2n) is 3.51. The standard InChI is InChI=1S/C11H15N3O/c1-8-5-9-6-10(12)3-4-11(9)14(8)7-15-13-2/h3-6,13H,7,12H2,1-2H3. The van der Waals surface area contributed by atoms with Crippen LogP contribution in [0.1, 0.15) is 5.69 Å². The van der Waals surface area contributed by atoms with Crippen LogP contribution in [0.2, 0.25) is 0 Å². The average molecular weight is 205 g/mol. The Labute approximate surface area is 88.6 Å². The fourth-order valence-corrected chi connectivity index (χ4v) is 1.73. The van der Waals surface area contributed by atoms with Crippen LogP contribution < -0.4 is 11.2 Å². The summed E-state index contributed by atoms with van der Waals surface area (Å²) in [4.78, 5) is 5.18. The van der Waals surface area contributed by atoms with Gasteiger partial charge in [0.05, 0.1) is 5.52 Å². The lowest BCUT2D eigenvalue weighted by molar-refractivity contribution is 0.00982. The number of nitrogens with one attached hydrogen (secondary N) is 1. The molecule has 0 unspecified atom stereocenters. The van der Waals surface area contributed by atoms with Gasteiger partial charge < -0.3 is 10.3 Å². The van der Waals surface area contributed by atoms with E-state index in [4.69, 9.17) is 10.6 Å². The predicted octanol–water partition coefficient (Wildman–Crippen LogP) is 1.64. The summed E-state index contributed by atoms with van der Waals surface area (Å²) in [6.45, 7) is 2.55. The number of nitrogens with two attached hydrogens (primary N) is 1. The fourth-order valence-electron chi connectivity index (χ4n) is 1.73. The molecule has 0 aliphatic carbocycles. The summed E-state index contributed by atoms with van der Waals surface area (Å²) in [6, 6.07) is 7.98. The molecule has 0 atom stereocenters. The summed E-state index contributed by atoms with van der Waals surface area (Å²) >= 11 is 0. The minimum atomic E-state index is 0.496. The van der Waals surface area contributed by atoms with Gasteiger partial charge in [0, 0.05) is 23.8 Å². The third-order valence-corrected chi connectivity index (χ3v) is 2.47. The van der Waals surface area contributed by atoms with Crippen LogP contribution in [0.25, 0.3) is 10.9 Å². The topological polar surface area (TPSA) is 52.2 Å². The predicted molar refractivity (Wildman–Crippen MR) is 61.2 cm³/mol. The molecule has 80 valence electrons. The van der Waals surface area contributed by atoms with Crippen molar-refractivity contribution in [3.05, 3.63) is 30.0 Å². The monoisotopic (exact) mass is 205 g/mol. The zero-order valence-electron chi connectivity index (χ0n) is 8.95. The number of hydrogen-bond donors (Lipinski definition) is 2. The Morgan fingerprint density at radius 2 is 2.20 bits per heavy atom. The van der Waals surface area contributed by atoms with Gasteiger partial charge in [-0.15, -0.1) is 0 Å². The van der Waals surface area contributed by atoms with Crippen LogP contribution in [0.15, 0.2) is 24.3 Å². The number of aromatic nitrogens is 1. The van der Waals surface area contributed by atoms with Gasteiger partial charge >= 0.3 is 0 Å². The molecule has 0 aliphatic heterocycles. The Bertz CT molecular complexity index is 476. The van der Waals surface area contributed by atoms with Crippen LogP contribution in [-0.2, 0) is 11.6 Å². The number of nitrogens with zero attached hydrogens (tertiary/aromatic N) is 1. The smallest absolute Gasteiger partial charge is 0.144 e. The molecule has 1 heterocycles. The number of aryl methyl sites for hydroxylation is 1. The molecule has 0 aliphatic rings. The van der Waals surface area contributed by atoms with Crippen LogP contribution in [0.3, 0.4) is 0 Å². The van der Waals surface area contributed by atoms with Crippen LogP contribution >= 0.6 is 0 Å². The van der Waals surface area contributed by atoms with E-state index in [-0.39, 0.29) is 0 Å². The molecule has 1 aromatic carbocycles. The number of rotatable bonds is 3. The van der Waals surface area contributed by atoms with E-state index in [1.54, 1.807) is 7.05 Å². The lowest BCUT2D eigenvalue weighted by Crippen LogP contribution is -2.12. The summed E-state index contributed by atoms with van der Waals surface area (Å²) in [5.41, 5.74) is 11.5. The fraction of sp³-hybridized carbons (Fsp3) is 0.273. The first-order valence-corrected chi connectivity index (χ1v) is 4.86. The number of hydroxylamine groups is 1. The summed E-state index contributed by atoms with van der Waals surface area (Å²) < 4.78 is 2.09. The Balaban J connectivity index is 2.48. The minimum Gasteiger partial charge on any atom is -0.399 e. The van der Waals surface area contributed by atoms with Crippen molar-refractivity contribution in [3.8, 4) is 0 Å². The lowest BCUT2D eigenvalue weighted by Gasteiger charge is -2.07. The molecule has 0 spiro atoms. The summed E-state index contributed by atoms with van der Waals surface area (Å²) in [6.07, 6.45) is 0. The highest BCUT2D eigenvalue weighted by Gasteiger charge is 2.05. The largest absolute Gasteiger partial charge is 0.399 e. The van der Waals surface area contributed by atoms with Crippen molar-refractivity contribution >= 4 is 16.6 Å². The number of benzene rings is 1. The first kappa shape index (κ1) is 10.0. The van der Waals surface area contributed by atoms with Gasteiger partial charge in [-0.25, -0.2) is 5.48 Å². The third kappa shape index (κ3) is 1.82. The lowest BCUT2D eigenvalue weighted by atomic mass is 10.2. The van der Waals surface area contributed by atoms with Crippen molar-refractivity contribution < 1.29 is 4.84 Å². The molecular weight excluding hydrogens is 190 g/mol. The van der Waals surface area contributed by atoms with Gasteiger partial charge in [0.15, 0.2) is 0 Å². The molecule has 0 saturated carbocycles. The highest BCUT2D eigenvalue weighted by Crippen LogP contribution is 2.21. The van der Waals surface area contributed by atoms with Gasteiger partial charge in [-0.1, -0.05) is 0 Å². The SMILES string of the molecule is CNOCn1c(C)cc2cc(N)ccc21. The van der Waals surface area contributed by atoms with Gasteiger partial charge in [0.1, 0.15) is 6.73 Å². The Hall–Kier alpha value is -1.52. The molecule has 0 saturated heterocycles. The van der Waals surface area contributed by atoms with Crippen LogP contribution in [0.5, 0.6) is 0 Å².